The van der Waals surface area contributed by atoms with E-state index in [1.807, 2.05) is 24.3 Å². The van der Waals surface area contributed by atoms with E-state index < -0.39 is 0 Å². The molecule has 0 spiro atoms. The molecule has 0 bridgehead atoms. The van der Waals surface area contributed by atoms with Crippen molar-refractivity contribution in [1.82, 2.24) is 0 Å². The standard InChI is InChI=1S/C8H5Br2N/c9-7-4-2-1-3-6(7)8(10)5-11/h1-4,8H. The van der Waals surface area contributed by atoms with Crippen LogP contribution in [0.5, 0.6) is 0 Å². The maximum atomic E-state index is 8.59. The lowest BCUT2D eigenvalue weighted by molar-refractivity contribution is 1.23. The largest absolute Gasteiger partial charge is 0.197 e. The molecule has 0 saturated carbocycles. The summed E-state index contributed by atoms with van der Waals surface area (Å²) >= 11 is 6.60. The van der Waals surface area contributed by atoms with Crippen LogP contribution < -0.4 is 0 Å². The molecule has 0 amide bonds. The molecule has 0 N–H and O–H groups in total. The SMILES string of the molecule is N#CC(Br)c1ccccc1Br. The summed E-state index contributed by atoms with van der Waals surface area (Å²) in [5.41, 5.74) is 0.968. The highest BCUT2D eigenvalue weighted by atomic mass is 79.9. The molecule has 1 unspecified atom stereocenters. The van der Waals surface area contributed by atoms with Gasteiger partial charge in [0.25, 0.3) is 0 Å². The first-order valence-electron chi connectivity index (χ1n) is 3.04. The van der Waals surface area contributed by atoms with Crippen LogP contribution >= 0.6 is 31.9 Å². The molecule has 0 fully saturated rings. The third-order valence-electron chi connectivity index (χ3n) is 1.29. The fraction of sp³-hybridized carbons (Fsp3) is 0.125. The zero-order valence-corrected chi connectivity index (χ0v) is 8.76. The second-order valence-corrected chi connectivity index (χ2v) is 3.78. The third kappa shape index (κ3) is 2.05. The summed E-state index contributed by atoms with van der Waals surface area (Å²) in [6.45, 7) is 0. The number of nitrogens with zero attached hydrogens (tertiary/aromatic N) is 1. The first-order chi connectivity index (χ1) is 5.25. The molecule has 0 aliphatic carbocycles. The number of halogens is 2. The fourth-order valence-electron chi connectivity index (χ4n) is 0.750. The van der Waals surface area contributed by atoms with Crippen LogP contribution in [0, 0.1) is 11.3 Å². The zero-order chi connectivity index (χ0) is 8.27. The van der Waals surface area contributed by atoms with E-state index in [1.165, 1.54) is 0 Å². The average Bonchev–Trinajstić information content (AvgIpc) is 2.04. The van der Waals surface area contributed by atoms with Gasteiger partial charge in [-0.15, -0.1) is 0 Å². The van der Waals surface area contributed by atoms with E-state index in [0.717, 1.165) is 10.0 Å². The Labute approximate surface area is 82.3 Å². The van der Waals surface area contributed by atoms with Gasteiger partial charge in [-0.25, -0.2) is 0 Å². The van der Waals surface area contributed by atoms with Crippen molar-refractivity contribution >= 4 is 31.9 Å². The molecule has 1 atom stereocenters. The molecule has 1 rings (SSSR count). The van der Waals surface area contributed by atoms with Gasteiger partial charge in [-0.2, -0.15) is 5.26 Å². The molecule has 1 nitrogen and oxygen atoms in total. The van der Waals surface area contributed by atoms with E-state index in [2.05, 4.69) is 37.9 Å². The highest BCUT2D eigenvalue weighted by molar-refractivity contribution is 9.11. The number of nitriles is 1. The van der Waals surface area contributed by atoms with Gasteiger partial charge in [0.1, 0.15) is 4.83 Å². The molecule has 0 saturated heterocycles. The summed E-state index contributed by atoms with van der Waals surface area (Å²) in [4.78, 5) is -0.224. The van der Waals surface area contributed by atoms with Gasteiger partial charge in [0.15, 0.2) is 0 Å². The van der Waals surface area contributed by atoms with Crippen LogP contribution in [0.15, 0.2) is 28.7 Å². The molecule has 11 heavy (non-hydrogen) atoms. The summed E-state index contributed by atoms with van der Waals surface area (Å²) in [7, 11) is 0. The van der Waals surface area contributed by atoms with Gasteiger partial charge in [0, 0.05) is 4.47 Å². The summed E-state index contributed by atoms with van der Waals surface area (Å²) in [5.74, 6) is 0. The minimum absolute atomic E-state index is 0.224. The molecule has 1 aromatic carbocycles. The monoisotopic (exact) mass is 273 g/mol. The molecule has 56 valence electrons. The Morgan fingerprint density at radius 2 is 2.00 bits per heavy atom. The number of benzene rings is 1. The molecule has 0 aliphatic rings. The van der Waals surface area contributed by atoms with Crippen molar-refractivity contribution in [2.24, 2.45) is 0 Å². The molecule has 3 heteroatoms. The van der Waals surface area contributed by atoms with Crippen LogP contribution in [0.4, 0.5) is 0 Å². The van der Waals surface area contributed by atoms with Crippen LogP contribution in [-0.2, 0) is 0 Å². The smallest absolute Gasteiger partial charge is 0.127 e. The van der Waals surface area contributed by atoms with Crippen LogP contribution in [0.2, 0.25) is 0 Å². The van der Waals surface area contributed by atoms with E-state index in [-0.39, 0.29) is 4.83 Å². The maximum absolute atomic E-state index is 8.59. The Bertz CT molecular complexity index is 290. The number of hydrogen-bond donors (Lipinski definition) is 0. The summed E-state index contributed by atoms with van der Waals surface area (Å²) in [5, 5.41) is 8.59. The minimum atomic E-state index is -0.224. The first-order valence-corrected chi connectivity index (χ1v) is 4.74. The van der Waals surface area contributed by atoms with E-state index >= 15 is 0 Å². The van der Waals surface area contributed by atoms with Crippen molar-refractivity contribution in [2.45, 2.75) is 4.83 Å². The van der Waals surface area contributed by atoms with Crippen LogP contribution in [0.25, 0.3) is 0 Å². The number of rotatable bonds is 1. The lowest BCUT2D eigenvalue weighted by atomic mass is 10.2. The minimum Gasteiger partial charge on any atom is -0.197 e. The molecular formula is C8H5Br2N. The van der Waals surface area contributed by atoms with Crippen molar-refractivity contribution in [2.75, 3.05) is 0 Å². The maximum Gasteiger partial charge on any atom is 0.127 e. The Balaban J connectivity index is 3.05. The van der Waals surface area contributed by atoms with Crippen molar-refractivity contribution in [3.8, 4) is 6.07 Å². The van der Waals surface area contributed by atoms with E-state index in [9.17, 15) is 0 Å². The molecule has 0 aromatic heterocycles. The Kier molecular flexibility index (Phi) is 3.10. The molecule has 0 aliphatic heterocycles. The first kappa shape index (κ1) is 8.76. The predicted octanol–water partition coefficient (Wildman–Crippen LogP) is 3.41. The van der Waals surface area contributed by atoms with Gasteiger partial charge in [-0.3, -0.25) is 0 Å². The normalized spacial score (nSPS) is 12.1. The molecular weight excluding hydrogens is 270 g/mol. The Morgan fingerprint density at radius 3 is 2.55 bits per heavy atom. The Morgan fingerprint density at radius 1 is 1.36 bits per heavy atom. The quantitative estimate of drug-likeness (QED) is 0.720. The van der Waals surface area contributed by atoms with Crippen LogP contribution in [0.3, 0.4) is 0 Å². The summed E-state index contributed by atoms with van der Waals surface area (Å²) < 4.78 is 0.962. The predicted molar refractivity (Wildman–Crippen MR) is 51.4 cm³/mol. The van der Waals surface area contributed by atoms with Gasteiger partial charge < -0.3 is 0 Å². The topological polar surface area (TPSA) is 23.8 Å². The third-order valence-corrected chi connectivity index (χ3v) is 2.71. The second kappa shape index (κ2) is 3.89. The van der Waals surface area contributed by atoms with E-state index in [4.69, 9.17) is 5.26 Å². The van der Waals surface area contributed by atoms with E-state index in [1.54, 1.807) is 0 Å². The van der Waals surface area contributed by atoms with Gasteiger partial charge in [-0.05, 0) is 11.6 Å². The van der Waals surface area contributed by atoms with Crippen LogP contribution in [0.1, 0.15) is 10.4 Å². The van der Waals surface area contributed by atoms with Crippen LogP contribution in [-0.4, -0.2) is 0 Å². The summed E-state index contributed by atoms with van der Waals surface area (Å²) in [6.07, 6.45) is 0. The summed E-state index contributed by atoms with van der Waals surface area (Å²) in [6, 6.07) is 9.77. The van der Waals surface area contributed by atoms with Gasteiger partial charge >= 0.3 is 0 Å². The lowest BCUT2D eigenvalue weighted by Gasteiger charge is -2.02. The Hall–Kier alpha value is -0.330. The van der Waals surface area contributed by atoms with Crippen molar-refractivity contribution in [1.29, 1.82) is 5.26 Å². The molecule has 0 radical (unpaired) electrons. The van der Waals surface area contributed by atoms with E-state index in [0.29, 0.717) is 0 Å². The second-order valence-electron chi connectivity index (χ2n) is 2.01. The van der Waals surface area contributed by atoms with Gasteiger partial charge in [-0.1, -0.05) is 50.1 Å². The lowest BCUT2D eigenvalue weighted by Crippen LogP contribution is -1.85. The molecule has 1 aromatic rings. The van der Waals surface area contributed by atoms with Crippen molar-refractivity contribution < 1.29 is 0 Å². The zero-order valence-electron chi connectivity index (χ0n) is 5.59. The van der Waals surface area contributed by atoms with Crippen molar-refractivity contribution in [3.05, 3.63) is 34.3 Å². The molecule has 0 heterocycles. The fourth-order valence-corrected chi connectivity index (χ4v) is 1.97. The number of alkyl halides is 1. The van der Waals surface area contributed by atoms with Gasteiger partial charge in [0.2, 0.25) is 0 Å². The van der Waals surface area contributed by atoms with Gasteiger partial charge in [0.05, 0.1) is 6.07 Å². The average molecular weight is 275 g/mol. The number of hydrogen-bond acceptors (Lipinski definition) is 1. The highest BCUT2D eigenvalue weighted by Crippen LogP contribution is 2.28. The van der Waals surface area contributed by atoms with Crippen molar-refractivity contribution in [3.63, 3.8) is 0 Å². The highest BCUT2D eigenvalue weighted by Gasteiger charge is 2.07.